The number of carbonyl (C=O) groups is 1. The third-order valence-corrected chi connectivity index (χ3v) is 3.11. The van der Waals surface area contributed by atoms with E-state index in [2.05, 4.69) is 26.8 Å². The van der Waals surface area contributed by atoms with Crippen LogP contribution in [-0.2, 0) is 4.79 Å². The molecule has 14 heavy (non-hydrogen) atoms. The Morgan fingerprint density at radius 1 is 1.57 bits per heavy atom. The van der Waals surface area contributed by atoms with Crippen LogP contribution in [0.15, 0.2) is 23.8 Å². The van der Waals surface area contributed by atoms with Crippen molar-refractivity contribution in [3.8, 4) is 0 Å². The summed E-state index contributed by atoms with van der Waals surface area (Å²) in [5.74, 6) is 0.346. The average molecular weight is 192 g/mol. The highest BCUT2D eigenvalue weighted by molar-refractivity contribution is 5.94. The van der Waals surface area contributed by atoms with Gasteiger partial charge in [0.25, 0.3) is 0 Å². The Kier molecular flexibility index (Phi) is 3.30. The third-order valence-electron chi connectivity index (χ3n) is 3.11. The van der Waals surface area contributed by atoms with Crippen molar-refractivity contribution < 1.29 is 4.79 Å². The summed E-state index contributed by atoms with van der Waals surface area (Å²) < 4.78 is 0. The first-order valence-corrected chi connectivity index (χ1v) is 5.32. The highest BCUT2D eigenvalue weighted by Gasteiger charge is 2.36. The molecule has 0 aliphatic heterocycles. The van der Waals surface area contributed by atoms with Crippen LogP contribution < -0.4 is 0 Å². The third kappa shape index (κ3) is 2.14. The maximum atomic E-state index is 11.9. The molecule has 0 spiro atoms. The lowest BCUT2D eigenvalue weighted by molar-refractivity contribution is -0.120. The summed E-state index contributed by atoms with van der Waals surface area (Å²) >= 11 is 0. The van der Waals surface area contributed by atoms with Gasteiger partial charge in [0.15, 0.2) is 5.78 Å². The van der Waals surface area contributed by atoms with Crippen molar-refractivity contribution in [2.45, 2.75) is 40.5 Å². The molecule has 0 fully saturated rings. The zero-order chi connectivity index (χ0) is 10.8. The van der Waals surface area contributed by atoms with Crippen LogP contribution in [0.5, 0.6) is 0 Å². The van der Waals surface area contributed by atoms with Crippen molar-refractivity contribution in [1.29, 1.82) is 0 Å². The molecule has 1 rings (SSSR count). The second-order valence-corrected chi connectivity index (χ2v) is 4.81. The molecule has 0 aromatic heterocycles. The Morgan fingerprint density at radius 2 is 2.21 bits per heavy atom. The molecular formula is C13H20O. The fourth-order valence-electron chi connectivity index (χ4n) is 2.42. The van der Waals surface area contributed by atoms with Crippen molar-refractivity contribution in [2.75, 3.05) is 0 Å². The van der Waals surface area contributed by atoms with Crippen molar-refractivity contribution in [3.05, 3.63) is 23.8 Å². The highest BCUT2D eigenvalue weighted by Crippen LogP contribution is 2.41. The number of allylic oxidation sites excluding steroid dienone is 4. The Hall–Kier alpha value is -0.850. The minimum absolute atomic E-state index is 0.0902. The molecule has 0 saturated heterocycles. The predicted octanol–water partition coefficient (Wildman–Crippen LogP) is 3.51. The summed E-state index contributed by atoms with van der Waals surface area (Å²) in [5.41, 5.74) is 1.36. The van der Waals surface area contributed by atoms with Gasteiger partial charge in [-0.25, -0.2) is 0 Å². The molecule has 1 aliphatic rings. The minimum atomic E-state index is 0.0902. The second kappa shape index (κ2) is 4.12. The van der Waals surface area contributed by atoms with Crippen molar-refractivity contribution in [2.24, 2.45) is 11.3 Å². The summed E-state index contributed by atoms with van der Waals surface area (Å²) in [4.78, 5) is 11.9. The van der Waals surface area contributed by atoms with Crippen molar-refractivity contribution >= 4 is 5.78 Å². The Labute approximate surface area is 86.9 Å². The van der Waals surface area contributed by atoms with E-state index in [9.17, 15) is 4.79 Å². The molecular weight excluding hydrogens is 172 g/mol. The van der Waals surface area contributed by atoms with Gasteiger partial charge >= 0.3 is 0 Å². The van der Waals surface area contributed by atoms with Crippen LogP contribution in [0, 0.1) is 11.3 Å². The molecule has 0 aromatic rings. The summed E-state index contributed by atoms with van der Waals surface area (Å²) in [6.45, 7) is 8.35. The molecule has 0 heterocycles. The monoisotopic (exact) mass is 192 g/mol. The van der Waals surface area contributed by atoms with E-state index in [1.165, 1.54) is 5.57 Å². The molecule has 78 valence electrons. The quantitative estimate of drug-likeness (QED) is 0.483. The van der Waals surface area contributed by atoms with Crippen LogP contribution in [0.25, 0.3) is 0 Å². The number of ketones is 1. The maximum Gasteiger partial charge on any atom is 0.162 e. The maximum absolute atomic E-state index is 11.9. The van der Waals surface area contributed by atoms with Crippen molar-refractivity contribution in [1.82, 2.24) is 0 Å². The molecule has 0 bridgehead atoms. The summed E-state index contributed by atoms with van der Waals surface area (Å²) in [6.07, 6.45) is 7.96. The van der Waals surface area contributed by atoms with E-state index in [-0.39, 0.29) is 17.1 Å². The van der Waals surface area contributed by atoms with Gasteiger partial charge in [-0.05, 0) is 38.2 Å². The van der Waals surface area contributed by atoms with Crippen LogP contribution in [0.4, 0.5) is 0 Å². The van der Waals surface area contributed by atoms with Gasteiger partial charge in [0.05, 0.1) is 0 Å². The minimum Gasteiger partial charge on any atom is -0.294 e. The zero-order valence-electron chi connectivity index (χ0n) is 9.63. The molecule has 0 amide bonds. The SMILES string of the molecule is C/C=C/C(=O)C1C(C)=CCCC1(C)C. The number of hydrogen-bond donors (Lipinski definition) is 0. The van der Waals surface area contributed by atoms with Gasteiger partial charge in [-0.1, -0.05) is 31.6 Å². The fourth-order valence-corrected chi connectivity index (χ4v) is 2.42. The second-order valence-electron chi connectivity index (χ2n) is 4.81. The smallest absolute Gasteiger partial charge is 0.162 e. The first kappa shape index (κ1) is 11.2. The van der Waals surface area contributed by atoms with Crippen LogP contribution in [0.3, 0.4) is 0 Å². The van der Waals surface area contributed by atoms with Crippen LogP contribution in [0.2, 0.25) is 0 Å². The number of rotatable bonds is 2. The van der Waals surface area contributed by atoms with Gasteiger partial charge in [-0.15, -0.1) is 0 Å². The number of hydrogen-bond acceptors (Lipinski definition) is 1. The molecule has 0 aromatic carbocycles. The van der Waals surface area contributed by atoms with Gasteiger partial charge in [-0.2, -0.15) is 0 Å². The standard InChI is InChI=1S/C13H20O/c1-5-7-11(14)12-10(2)8-6-9-13(12,3)4/h5,7-8,12H,6,9H2,1-4H3/b7-5+. The molecule has 1 heteroatoms. The topological polar surface area (TPSA) is 17.1 Å². The molecule has 1 aliphatic carbocycles. The molecule has 1 nitrogen and oxygen atoms in total. The summed E-state index contributed by atoms with van der Waals surface area (Å²) in [6, 6.07) is 0. The first-order chi connectivity index (χ1) is 6.49. The Morgan fingerprint density at radius 3 is 2.71 bits per heavy atom. The summed E-state index contributed by atoms with van der Waals surface area (Å²) in [5, 5.41) is 0. The largest absolute Gasteiger partial charge is 0.294 e. The lowest BCUT2D eigenvalue weighted by Gasteiger charge is -2.36. The molecule has 0 saturated carbocycles. The Balaban J connectivity index is 2.97. The molecule has 1 unspecified atom stereocenters. The van der Waals surface area contributed by atoms with E-state index in [1.54, 1.807) is 6.08 Å². The fraction of sp³-hybridized carbons (Fsp3) is 0.615. The lowest BCUT2D eigenvalue weighted by atomic mass is 9.67. The normalized spacial score (nSPS) is 26.3. The van der Waals surface area contributed by atoms with Crippen molar-refractivity contribution in [3.63, 3.8) is 0 Å². The van der Waals surface area contributed by atoms with E-state index >= 15 is 0 Å². The van der Waals surface area contributed by atoms with Gasteiger partial charge < -0.3 is 0 Å². The van der Waals surface area contributed by atoms with Gasteiger partial charge in [0, 0.05) is 5.92 Å². The van der Waals surface area contributed by atoms with E-state index in [0.717, 1.165) is 12.8 Å². The van der Waals surface area contributed by atoms with Crippen LogP contribution >= 0.6 is 0 Å². The first-order valence-electron chi connectivity index (χ1n) is 5.32. The lowest BCUT2D eigenvalue weighted by Crippen LogP contribution is -2.33. The summed E-state index contributed by atoms with van der Waals surface area (Å²) in [7, 11) is 0. The van der Waals surface area contributed by atoms with E-state index in [4.69, 9.17) is 0 Å². The van der Waals surface area contributed by atoms with E-state index in [0.29, 0.717) is 0 Å². The average Bonchev–Trinajstić information content (AvgIpc) is 2.02. The molecule has 1 atom stereocenters. The van der Waals surface area contributed by atoms with E-state index < -0.39 is 0 Å². The predicted molar refractivity (Wildman–Crippen MR) is 60.1 cm³/mol. The van der Waals surface area contributed by atoms with Crippen LogP contribution in [0.1, 0.15) is 40.5 Å². The Bertz CT molecular complexity index is 282. The van der Waals surface area contributed by atoms with E-state index in [1.807, 2.05) is 13.0 Å². The van der Waals surface area contributed by atoms with Gasteiger partial charge in [0.1, 0.15) is 0 Å². The molecule has 0 N–H and O–H groups in total. The van der Waals surface area contributed by atoms with Gasteiger partial charge in [0.2, 0.25) is 0 Å². The zero-order valence-corrected chi connectivity index (χ0v) is 9.63. The highest BCUT2D eigenvalue weighted by atomic mass is 16.1. The van der Waals surface area contributed by atoms with Gasteiger partial charge in [-0.3, -0.25) is 4.79 Å². The molecule has 0 radical (unpaired) electrons. The van der Waals surface area contributed by atoms with Crippen LogP contribution in [-0.4, -0.2) is 5.78 Å². The number of carbonyl (C=O) groups excluding carboxylic acids is 1.